The molecule has 5 rings (SSSR count). The number of benzene rings is 3. The van der Waals surface area contributed by atoms with Crippen molar-refractivity contribution in [1.82, 2.24) is 20.6 Å². The SMILES string of the molecule is O=C(CCNCCc1cnc(C(O)c2ccccc2)o1)Nc1ccc(CNCC(O)c2ccc(O)c3[nH]c(=O)ccc23)cc1. The van der Waals surface area contributed by atoms with Gasteiger partial charge < -0.3 is 40.7 Å². The number of phenolic OH excluding ortho intramolecular Hbond substituents is 1. The maximum absolute atomic E-state index is 12.4. The first-order chi connectivity index (χ1) is 21.4. The predicted octanol–water partition coefficient (Wildman–Crippen LogP) is 3.29. The zero-order chi connectivity index (χ0) is 30.9. The highest BCUT2D eigenvalue weighted by molar-refractivity contribution is 5.90. The number of aromatic nitrogens is 2. The van der Waals surface area contributed by atoms with E-state index in [4.69, 9.17) is 4.42 Å². The number of phenols is 1. The van der Waals surface area contributed by atoms with Crippen LogP contribution in [0.25, 0.3) is 10.9 Å². The van der Waals surface area contributed by atoms with Crippen LogP contribution < -0.4 is 21.5 Å². The second-order valence-electron chi connectivity index (χ2n) is 10.4. The molecule has 5 aromatic rings. The van der Waals surface area contributed by atoms with Gasteiger partial charge in [-0.1, -0.05) is 48.5 Å². The molecule has 44 heavy (non-hydrogen) atoms. The second-order valence-corrected chi connectivity index (χ2v) is 10.4. The number of anilines is 1. The molecule has 0 saturated carbocycles. The monoisotopic (exact) mass is 597 g/mol. The predicted molar refractivity (Wildman–Crippen MR) is 166 cm³/mol. The fourth-order valence-corrected chi connectivity index (χ4v) is 4.82. The molecule has 0 aliphatic rings. The standard InChI is InChI=1S/C33H35N5O6/c39-27-12-10-25(26-11-13-29(41)38-31(26)27)28(40)20-35-18-21-6-8-23(9-7-21)37-30(42)15-17-34-16-14-24-19-36-33(44-24)32(43)22-4-2-1-3-5-22/h1-13,19,28,32,34-35,39-40,43H,14-18,20H2,(H,37,42)(H,38,41). The first-order valence-electron chi connectivity index (χ1n) is 14.4. The van der Waals surface area contributed by atoms with Crippen LogP contribution in [0.4, 0.5) is 5.69 Å². The van der Waals surface area contributed by atoms with Crippen molar-refractivity contribution in [1.29, 1.82) is 0 Å². The average Bonchev–Trinajstić information content (AvgIpc) is 3.51. The van der Waals surface area contributed by atoms with Gasteiger partial charge in [-0.15, -0.1) is 0 Å². The summed E-state index contributed by atoms with van der Waals surface area (Å²) in [7, 11) is 0. The van der Waals surface area contributed by atoms with Crippen LogP contribution in [0.15, 0.2) is 94.3 Å². The molecule has 2 heterocycles. The van der Waals surface area contributed by atoms with Crippen LogP contribution >= 0.6 is 0 Å². The summed E-state index contributed by atoms with van der Waals surface area (Å²) in [6, 6.07) is 22.7. The normalized spacial score (nSPS) is 12.7. The number of nitrogens with one attached hydrogen (secondary N) is 4. The number of aromatic hydroxyl groups is 1. The number of fused-ring (bicyclic) bond motifs is 1. The van der Waals surface area contributed by atoms with Crippen LogP contribution in [-0.2, 0) is 17.8 Å². The molecule has 0 aliphatic heterocycles. The number of hydrogen-bond donors (Lipinski definition) is 7. The number of nitrogens with zero attached hydrogens (tertiary/aromatic N) is 1. The van der Waals surface area contributed by atoms with Gasteiger partial charge in [-0.25, -0.2) is 4.98 Å². The summed E-state index contributed by atoms with van der Waals surface area (Å²) in [4.78, 5) is 30.8. The van der Waals surface area contributed by atoms with E-state index in [1.807, 2.05) is 54.6 Å². The maximum atomic E-state index is 12.4. The number of aliphatic hydroxyl groups is 2. The fourth-order valence-electron chi connectivity index (χ4n) is 4.82. The largest absolute Gasteiger partial charge is 0.506 e. The van der Waals surface area contributed by atoms with E-state index in [-0.39, 0.29) is 29.7 Å². The van der Waals surface area contributed by atoms with Crippen LogP contribution in [0.2, 0.25) is 0 Å². The Morgan fingerprint density at radius 2 is 1.73 bits per heavy atom. The van der Waals surface area contributed by atoms with Gasteiger partial charge in [0.25, 0.3) is 0 Å². The number of carbonyl (C=O) groups is 1. The molecule has 11 heteroatoms. The van der Waals surface area contributed by atoms with Gasteiger partial charge in [0.1, 0.15) is 11.5 Å². The molecule has 0 aliphatic carbocycles. The molecule has 2 atom stereocenters. The molecule has 7 N–H and O–H groups in total. The van der Waals surface area contributed by atoms with Crippen LogP contribution in [-0.4, -0.2) is 50.8 Å². The van der Waals surface area contributed by atoms with E-state index in [0.717, 1.165) is 5.56 Å². The minimum Gasteiger partial charge on any atom is -0.506 e. The molecule has 2 unspecified atom stereocenters. The zero-order valence-corrected chi connectivity index (χ0v) is 24.0. The minimum atomic E-state index is -0.910. The topological polar surface area (TPSA) is 173 Å². The Morgan fingerprint density at radius 3 is 2.52 bits per heavy atom. The van der Waals surface area contributed by atoms with Gasteiger partial charge in [0, 0.05) is 56.2 Å². The van der Waals surface area contributed by atoms with E-state index in [1.54, 1.807) is 18.3 Å². The Balaban J connectivity index is 0.993. The van der Waals surface area contributed by atoms with Crippen molar-refractivity contribution in [3.05, 3.63) is 124 Å². The molecular weight excluding hydrogens is 562 g/mol. The Morgan fingerprint density at radius 1 is 0.932 bits per heavy atom. The Labute approximate surface area is 253 Å². The third-order valence-corrected chi connectivity index (χ3v) is 7.17. The lowest BCUT2D eigenvalue weighted by molar-refractivity contribution is -0.116. The molecule has 0 saturated heterocycles. The molecule has 2 aromatic heterocycles. The molecule has 1 amide bonds. The quantitative estimate of drug-likeness (QED) is 0.0949. The molecule has 11 nitrogen and oxygen atoms in total. The number of rotatable bonds is 14. The van der Waals surface area contributed by atoms with E-state index in [1.165, 1.54) is 12.1 Å². The summed E-state index contributed by atoms with van der Waals surface area (Å²) >= 11 is 0. The van der Waals surface area contributed by atoms with Crippen molar-refractivity contribution in [3.63, 3.8) is 0 Å². The third kappa shape index (κ3) is 7.97. The maximum Gasteiger partial charge on any atom is 0.248 e. The van der Waals surface area contributed by atoms with Gasteiger partial charge in [-0.05, 0) is 41.0 Å². The summed E-state index contributed by atoms with van der Waals surface area (Å²) < 4.78 is 5.68. The summed E-state index contributed by atoms with van der Waals surface area (Å²) in [5.74, 6) is 0.750. The van der Waals surface area contributed by atoms with Gasteiger partial charge in [0.05, 0.1) is 17.8 Å². The summed E-state index contributed by atoms with van der Waals surface area (Å²) in [5.41, 5.74) is 2.94. The molecule has 0 fully saturated rings. The molecule has 3 aromatic carbocycles. The van der Waals surface area contributed by atoms with Crippen LogP contribution in [0.3, 0.4) is 0 Å². The molecule has 228 valence electrons. The molecule has 0 spiro atoms. The molecule has 0 bridgehead atoms. The smallest absolute Gasteiger partial charge is 0.248 e. The van der Waals surface area contributed by atoms with Crippen molar-refractivity contribution >= 4 is 22.5 Å². The number of aliphatic hydroxyl groups excluding tert-OH is 2. The Hall–Kier alpha value is -4.81. The van der Waals surface area contributed by atoms with Crippen LogP contribution in [0, 0.1) is 0 Å². The lowest BCUT2D eigenvalue weighted by Crippen LogP contribution is -2.23. The molecular formula is C33H35N5O6. The lowest BCUT2D eigenvalue weighted by Gasteiger charge is -2.15. The van der Waals surface area contributed by atoms with E-state index in [0.29, 0.717) is 66.0 Å². The number of oxazole rings is 1. The van der Waals surface area contributed by atoms with E-state index >= 15 is 0 Å². The second kappa shape index (κ2) is 14.6. The van der Waals surface area contributed by atoms with Crippen molar-refractivity contribution in [2.45, 2.75) is 31.6 Å². The van der Waals surface area contributed by atoms with Gasteiger partial charge in [-0.2, -0.15) is 0 Å². The average molecular weight is 598 g/mol. The third-order valence-electron chi connectivity index (χ3n) is 7.17. The number of H-pyrrole nitrogens is 1. The lowest BCUT2D eigenvalue weighted by atomic mass is 10.0. The first-order valence-corrected chi connectivity index (χ1v) is 14.4. The van der Waals surface area contributed by atoms with Gasteiger partial charge in [0.2, 0.25) is 17.4 Å². The number of aromatic amines is 1. The van der Waals surface area contributed by atoms with Crippen LogP contribution in [0.1, 0.15) is 47.0 Å². The van der Waals surface area contributed by atoms with E-state index < -0.39 is 12.2 Å². The van der Waals surface area contributed by atoms with Gasteiger partial charge >= 0.3 is 0 Å². The summed E-state index contributed by atoms with van der Waals surface area (Å²) in [6.45, 7) is 1.86. The minimum absolute atomic E-state index is 0.0523. The fraction of sp³-hybridized carbons (Fsp3) is 0.242. The molecule has 0 radical (unpaired) electrons. The first kappa shape index (κ1) is 30.6. The highest BCUT2D eigenvalue weighted by Crippen LogP contribution is 2.28. The number of amides is 1. The van der Waals surface area contributed by atoms with Gasteiger partial charge in [-0.3, -0.25) is 9.59 Å². The Bertz CT molecular complexity index is 1740. The van der Waals surface area contributed by atoms with Crippen molar-refractivity contribution in [3.8, 4) is 5.75 Å². The number of hydrogen-bond acceptors (Lipinski definition) is 9. The zero-order valence-electron chi connectivity index (χ0n) is 24.0. The van der Waals surface area contributed by atoms with E-state index in [2.05, 4.69) is 25.9 Å². The van der Waals surface area contributed by atoms with Crippen LogP contribution in [0.5, 0.6) is 5.75 Å². The van der Waals surface area contributed by atoms with Crippen molar-refractivity contribution < 1.29 is 24.5 Å². The van der Waals surface area contributed by atoms with E-state index in [9.17, 15) is 24.9 Å². The highest BCUT2D eigenvalue weighted by atomic mass is 16.4. The van der Waals surface area contributed by atoms with Crippen molar-refractivity contribution in [2.75, 3.05) is 25.0 Å². The highest BCUT2D eigenvalue weighted by Gasteiger charge is 2.16. The van der Waals surface area contributed by atoms with Crippen molar-refractivity contribution in [2.24, 2.45) is 0 Å². The number of pyridine rings is 1. The number of carbonyl (C=O) groups excluding carboxylic acids is 1. The van der Waals surface area contributed by atoms with Gasteiger partial charge in [0.15, 0.2) is 6.10 Å². The Kier molecular flexibility index (Phi) is 10.2. The summed E-state index contributed by atoms with van der Waals surface area (Å²) in [5, 5.41) is 41.1. The summed E-state index contributed by atoms with van der Waals surface area (Å²) in [6.07, 6.45) is 0.729.